The molecule has 0 aromatic heterocycles. The van der Waals surface area contributed by atoms with Gasteiger partial charge < -0.3 is 4.74 Å². The molecule has 1 aliphatic carbocycles. The Morgan fingerprint density at radius 3 is 3.21 bits per heavy atom. The second-order valence-corrected chi connectivity index (χ2v) is 3.34. The molecule has 14 heavy (non-hydrogen) atoms. The van der Waals surface area contributed by atoms with Crippen molar-refractivity contribution in [2.75, 3.05) is 0 Å². The second-order valence-electron chi connectivity index (χ2n) is 3.34. The number of hydrogen-bond donors (Lipinski definition) is 0. The molecule has 0 N–H and O–H groups in total. The maximum absolute atomic E-state index is 5.76. The topological polar surface area (TPSA) is 9.23 Å². The molecule has 1 unspecified atom stereocenters. The Labute approximate surface area is 83.0 Å². The molecule has 1 atom stereocenters. The lowest BCUT2D eigenvalue weighted by Crippen LogP contribution is -2.06. The first-order chi connectivity index (χ1) is 6.95. The Morgan fingerprint density at radius 2 is 2.21 bits per heavy atom. The van der Waals surface area contributed by atoms with Crippen LogP contribution in [0, 0.1) is 6.07 Å². The summed E-state index contributed by atoms with van der Waals surface area (Å²) >= 11 is 0. The van der Waals surface area contributed by atoms with Gasteiger partial charge in [-0.15, -0.1) is 0 Å². The van der Waals surface area contributed by atoms with Crippen LogP contribution in [0.1, 0.15) is 5.56 Å². The zero-order chi connectivity index (χ0) is 9.38. The van der Waals surface area contributed by atoms with E-state index in [9.17, 15) is 0 Å². The summed E-state index contributed by atoms with van der Waals surface area (Å²) in [6.45, 7) is 0. The first-order valence-electron chi connectivity index (χ1n) is 4.68. The van der Waals surface area contributed by atoms with E-state index in [0.717, 1.165) is 11.3 Å². The average Bonchev–Trinajstić information content (AvgIpc) is 2.42. The van der Waals surface area contributed by atoms with Crippen LogP contribution < -0.4 is 4.74 Å². The van der Waals surface area contributed by atoms with Gasteiger partial charge in [-0.1, -0.05) is 36.4 Å². The molecule has 0 fully saturated rings. The third-order valence-electron chi connectivity index (χ3n) is 2.45. The fourth-order valence-corrected chi connectivity index (χ4v) is 1.80. The van der Waals surface area contributed by atoms with Crippen molar-refractivity contribution in [1.29, 1.82) is 0 Å². The van der Waals surface area contributed by atoms with E-state index in [4.69, 9.17) is 4.74 Å². The van der Waals surface area contributed by atoms with Crippen molar-refractivity contribution >= 4 is 5.57 Å². The Morgan fingerprint density at radius 1 is 1.21 bits per heavy atom. The van der Waals surface area contributed by atoms with Crippen LogP contribution in [0.3, 0.4) is 0 Å². The summed E-state index contributed by atoms with van der Waals surface area (Å²) in [6, 6.07) is 9.07. The Balaban J connectivity index is 2.18. The molecule has 1 aliphatic heterocycles. The second kappa shape index (κ2) is 2.88. The van der Waals surface area contributed by atoms with Crippen LogP contribution in [0.2, 0.25) is 0 Å². The third-order valence-corrected chi connectivity index (χ3v) is 2.45. The lowest BCUT2D eigenvalue weighted by Gasteiger charge is -2.04. The zero-order valence-corrected chi connectivity index (χ0v) is 7.60. The van der Waals surface area contributed by atoms with Gasteiger partial charge in [-0.2, -0.15) is 0 Å². The lowest BCUT2D eigenvalue weighted by atomic mass is 10.0. The summed E-state index contributed by atoms with van der Waals surface area (Å²) in [5, 5.41) is 0. The van der Waals surface area contributed by atoms with Crippen molar-refractivity contribution in [2.24, 2.45) is 0 Å². The van der Waals surface area contributed by atoms with Gasteiger partial charge in [-0.3, -0.25) is 0 Å². The van der Waals surface area contributed by atoms with Crippen LogP contribution in [-0.4, -0.2) is 6.10 Å². The highest BCUT2D eigenvalue weighted by atomic mass is 16.5. The third kappa shape index (κ3) is 1.02. The minimum absolute atomic E-state index is 0.0682. The molecule has 0 spiro atoms. The van der Waals surface area contributed by atoms with E-state index >= 15 is 0 Å². The van der Waals surface area contributed by atoms with Gasteiger partial charge >= 0.3 is 0 Å². The summed E-state index contributed by atoms with van der Waals surface area (Å²) in [5.74, 6) is 0.934. The first kappa shape index (κ1) is 7.63. The van der Waals surface area contributed by atoms with Crippen LogP contribution in [0.5, 0.6) is 5.75 Å². The SMILES string of the molecule is [c]1cccc2c1C1=CC=CC=CC1O2. The van der Waals surface area contributed by atoms with Crippen LogP contribution >= 0.6 is 0 Å². The molecule has 0 saturated carbocycles. The monoisotopic (exact) mass is 181 g/mol. The van der Waals surface area contributed by atoms with E-state index in [1.165, 1.54) is 5.57 Å². The smallest absolute Gasteiger partial charge is 0.143 e. The predicted molar refractivity (Wildman–Crippen MR) is 56.0 cm³/mol. The van der Waals surface area contributed by atoms with Gasteiger partial charge in [0.1, 0.15) is 11.9 Å². The molecule has 3 rings (SSSR count). The number of allylic oxidation sites excluding steroid dienone is 4. The zero-order valence-electron chi connectivity index (χ0n) is 7.60. The molecule has 1 aromatic rings. The average molecular weight is 181 g/mol. The van der Waals surface area contributed by atoms with Crippen molar-refractivity contribution in [3.05, 3.63) is 60.2 Å². The number of rotatable bonds is 0. The largest absolute Gasteiger partial charge is 0.481 e. The van der Waals surface area contributed by atoms with Crippen LogP contribution in [0.15, 0.2) is 48.6 Å². The van der Waals surface area contributed by atoms with Gasteiger partial charge in [0.2, 0.25) is 0 Å². The fraction of sp³-hybridized carbons (Fsp3) is 0.0769. The molecule has 1 aromatic carbocycles. The Hall–Kier alpha value is -1.76. The maximum atomic E-state index is 5.76. The summed E-state index contributed by atoms with van der Waals surface area (Å²) in [5.41, 5.74) is 2.29. The molecule has 1 nitrogen and oxygen atoms in total. The van der Waals surface area contributed by atoms with Gasteiger partial charge in [0.05, 0.1) is 0 Å². The fourth-order valence-electron chi connectivity index (χ4n) is 1.80. The van der Waals surface area contributed by atoms with Gasteiger partial charge in [-0.05, 0) is 18.2 Å². The highest BCUT2D eigenvalue weighted by Gasteiger charge is 2.25. The van der Waals surface area contributed by atoms with Crippen LogP contribution in [-0.2, 0) is 0 Å². The molecular formula is C13H9O. The lowest BCUT2D eigenvalue weighted by molar-refractivity contribution is 0.323. The number of fused-ring (bicyclic) bond motifs is 3. The highest BCUT2D eigenvalue weighted by Crippen LogP contribution is 2.37. The van der Waals surface area contributed by atoms with Crippen molar-refractivity contribution in [2.45, 2.75) is 6.10 Å². The molecule has 0 saturated heterocycles. The Bertz CT molecular complexity index is 452. The molecule has 1 heterocycles. The highest BCUT2D eigenvalue weighted by molar-refractivity contribution is 5.79. The number of benzene rings is 1. The molecule has 1 heteroatoms. The number of ether oxygens (including phenoxy) is 1. The first-order valence-corrected chi connectivity index (χ1v) is 4.68. The van der Waals surface area contributed by atoms with E-state index in [1.54, 1.807) is 0 Å². The van der Waals surface area contributed by atoms with Gasteiger partial charge in [0.25, 0.3) is 0 Å². The van der Waals surface area contributed by atoms with Gasteiger partial charge in [-0.25, -0.2) is 0 Å². The van der Waals surface area contributed by atoms with Crippen molar-refractivity contribution in [1.82, 2.24) is 0 Å². The van der Waals surface area contributed by atoms with Crippen LogP contribution in [0.25, 0.3) is 5.57 Å². The van der Waals surface area contributed by atoms with E-state index < -0.39 is 0 Å². The van der Waals surface area contributed by atoms with E-state index in [1.807, 2.05) is 36.4 Å². The maximum Gasteiger partial charge on any atom is 0.143 e. The molecule has 1 radical (unpaired) electrons. The summed E-state index contributed by atoms with van der Waals surface area (Å²) < 4.78 is 5.76. The summed E-state index contributed by atoms with van der Waals surface area (Å²) in [6.07, 6.45) is 10.3. The standard InChI is InChI=1S/C13H9O/c1-2-6-10-11-7-4-5-9-13(11)14-12(10)8-3-1/h1-6,8-9,12H. The molecule has 0 amide bonds. The van der Waals surface area contributed by atoms with Crippen molar-refractivity contribution < 1.29 is 4.74 Å². The van der Waals surface area contributed by atoms with Crippen LogP contribution in [0.4, 0.5) is 0 Å². The summed E-state index contributed by atoms with van der Waals surface area (Å²) in [7, 11) is 0. The van der Waals surface area contributed by atoms with E-state index in [2.05, 4.69) is 18.2 Å². The quantitative estimate of drug-likeness (QED) is 0.598. The number of hydrogen-bond acceptors (Lipinski definition) is 1. The molecular weight excluding hydrogens is 172 g/mol. The van der Waals surface area contributed by atoms with Crippen molar-refractivity contribution in [3.63, 3.8) is 0 Å². The minimum atomic E-state index is 0.0682. The summed E-state index contributed by atoms with van der Waals surface area (Å²) in [4.78, 5) is 0. The molecule has 2 aliphatic rings. The van der Waals surface area contributed by atoms with Gasteiger partial charge in [0, 0.05) is 11.1 Å². The normalized spacial score (nSPS) is 22.0. The predicted octanol–water partition coefficient (Wildman–Crippen LogP) is 2.76. The van der Waals surface area contributed by atoms with E-state index in [0.29, 0.717) is 0 Å². The van der Waals surface area contributed by atoms with Gasteiger partial charge in [0.15, 0.2) is 0 Å². The minimum Gasteiger partial charge on any atom is -0.481 e. The van der Waals surface area contributed by atoms with Crippen molar-refractivity contribution in [3.8, 4) is 5.75 Å². The Kier molecular flexibility index (Phi) is 1.57. The molecule has 0 bridgehead atoms. The van der Waals surface area contributed by atoms with E-state index in [-0.39, 0.29) is 6.10 Å². The molecule has 67 valence electrons.